The van der Waals surface area contributed by atoms with Crippen LogP contribution in [0.15, 0.2) is 65.8 Å². The molecule has 1 aliphatic carbocycles. The minimum Gasteiger partial charge on any atom is -0.490 e. The Bertz CT molecular complexity index is 1210. The number of piperidine rings is 1. The molecule has 2 heterocycles. The molecule has 2 aliphatic rings. The van der Waals surface area contributed by atoms with Crippen LogP contribution in [0.3, 0.4) is 0 Å². The number of ether oxygens (including phenoxy) is 1. The number of nitrogens with zero attached hydrogens (tertiary/aromatic N) is 3. The van der Waals surface area contributed by atoms with Gasteiger partial charge in [-0.3, -0.25) is 0 Å². The molecule has 1 aliphatic heterocycles. The molecule has 2 fully saturated rings. The van der Waals surface area contributed by atoms with Gasteiger partial charge in [-0.05, 0) is 66.1 Å². The molecule has 6 nitrogen and oxygen atoms in total. The molecule has 0 N–H and O–H groups in total. The zero-order chi connectivity index (χ0) is 23.2. The van der Waals surface area contributed by atoms with Crippen LogP contribution in [0.1, 0.15) is 19.4 Å². The molecule has 5 rings (SSSR count). The zero-order valence-electron chi connectivity index (χ0n) is 19.2. The Balaban J connectivity index is 1.17. The largest absolute Gasteiger partial charge is 0.490 e. The average Bonchev–Trinajstić information content (AvgIpc) is 3.33. The maximum Gasteiger partial charge on any atom is 0.225 e. The molecule has 0 amide bonds. The predicted octanol–water partition coefficient (Wildman–Crippen LogP) is 4.26. The molecule has 2 aromatic carbocycles. The van der Waals surface area contributed by atoms with Gasteiger partial charge in [-0.25, -0.2) is 18.4 Å². The number of fused-ring (bicyclic) bond motifs is 1. The summed E-state index contributed by atoms with van der Waals surface area (Å²) in [4.78, 5) is 11.7. The highest BCUT2D eigenvalue weighted by Crippen LogP contribution is 2.54. The summed E-state index contributed by atoms with van der Waals surface area (Å²) < 4.78 is 29.6. The summed E-state index contributed by atoms with van der Waals surface area (Å²) in [6, 6.07) is 15.0. The third-order valence-corrected chi connectivity index (χ3v) is 8.11. The Morgan fingerprint density at radius 2 is 1.52 bits per heavy atom. The Hall–Kier alpha value is -2.93. The smallest absolute Gasteiger partial charge is 0.225 e. The van der Waals surface area contributed by atoms with E-state index in [-0.39, 0.29) is 6.10 Å². The van der Waals surface area contributed by atoms with Gasteiger partial charge < -0.3 is 9.64 Å². The molecule has 1 saturated heterocycles. The van der Waals surface area contributed by atoms with Gasteiger partial charge in [0.25, 0.3) is 0 Å². The summed E-state index contributed by atoms with van der Waals surface area (Å²) in [6.07, 6.45) is 6.20. The predicted molar refractivity (Wildman–Crippen MR) is 129 cm³/mol. The van der Waals surface area contributed by atoms with Gasteiger partial charge in [-0.15, -0.1) is 0 Å². The molecular formula is C26H29N3O3S. The summed E-state index contributed by atoms with van der Waals surface area (Å²) in [5.41, 5.74) is 3.18. The minimum atomic E-state index is -3.18. The number of rotatable bonds is 7. The maximum absolute atomic E-state index is 11.6. The summed E-state index contributed by atoms with van der Waals surface area (Å²) in [5, 5.41) is 0. The van der Waals surface area contributed by atoms with Crippen molar-refractivity contribution < 1.29 is 13.2 Å². The monoisotopic (exact) mass is 463 g/mol. The lowest BCUT2D eigenvalue weighted by Gasteiger charge is -2.22. The first kappa shape index (κ1) is 21.9. The lowest BCUT2D eigenvalue weighted by molar-refractivity contribution is 0.183. The number of aromatic nitrogens is 2. The maximum atomic E-state index is 11.6. The van der Waals surface area contributed by atoms with E-state index in [1.807, 2.05) is 48.8 Å². The quantitative estimate of drug-likeness (QED) is 0.521. The molecule has 3 aromatic rings. The van der Waals surface area contributed by atoms with Gasteiger partial charge in [0, 0.05) is 37.7 Å². The standard InChI is InChI=1S/C26H29N3O3S/c1-4-18-13-27-26(28-14-18)29-15-23-24(16-29)25(23)17(2)32-21-9-5-19(6-10-21)20-7-11-22(12-8-20)33(3,30)31/h5-14,17,23-25H,4,15-16H2,1-3H3/t17-,23?,24?,25?/m1/s1. The Labute approximate surface area is 195 Å². The number of aryl methyl sites for hydroxylation is 1. The molecule has 2 unspecified atom stereocenters. The van der Waals surface area contributed by atoms with E-state index in [4.69, 9.17) is 4.74 Å². The van der Waals surface area contributed by atoms with Crippen LogP contribution in [0.4, 0.5) is 5.95 Å². The van der Waals surface area contributed by atoms with E-state index >= 15 is 0 Å². The van der Waals surface area contributed by atoms with Gasteiger partial charge in [0.1, 0.15) is 5.75 Å². The van der Waals surface area contributed by atoms with E-state index in [0.29, 0.717) is 22.6 Å². The first-order valence-electron chi connectivity index (χ1n) is 11.5. The highest BCUT2D eigenvalue weighted by atomic mass is 32.2. The second kappa shape index (κ2) is 8.45. The fourth-order valence-electron chi connectivity index (χ4n) is 5.04. The van der Waals surface area contributed by atoms with Gasteiger partial charge in [-0.1, -0.05) is 31.2 Å². The summed E-state index contributed by atoms with van der Waals surface area (Å²) in [7, 11) is -3.18. The van der Waals surface area contributed by atoms with E-state index in [1.165, 1.54) is 11.8 Å². The van der Waals surface area contributed by atoms with Gasteiger partial charge in [0.15, 0.2) is 9.84 Å². The van der Waals surface area contributed by atoms with Gasteiger partial charge >= 0.3 is 0 Å². The zero-order valence-corrected chi connectivity index (χ0v) is 20.0. The number of benzene rings is 2. The number of sulfone groups is 1. The number of hydrogen-bond donors (Lipinski definition) is 0. The van der Waals surface area contributed by atoms with Crippen LogP contribution in [0.2, 0.25) is 0 Å². The Kier molecular flexibility index (Phi) is 5.60. The van der Waals surface area contributed by atoms with Crippen LogP contribution in [-0.4, -0.2) is 43.8 Å². The molecule has 1 aromatic heterocycles. The topological polar surface area (TPSA) is 72.4 Å². The van der Waals surface area contributed by atoms with E-state index in [9.17, 15) is 8.42 Å². The molecule has 1 saturated carbocycles. The SMILES string of the molecule is CCc1cnc(N2CC3C(C2)C3[C@@H](C)Oc2ccc(-c3ccc(S(C)(=O)=O)cc3)cc2)nc1. The average molecular weight is 464 g/mol. The lowest BCUT2D eigenvalue weighted by Crippen LogP contribution is -2.29. The second-order valence-electron chi connectivity index (χ2n) is 9.20. The molecule has 172 valence electrons. The van der Waals surface area contributed by atoms with Crippen molar-refractivity contribution in [3.05, 3.63) is 66.5 Å². The van der Waals surface area contributed by atoms with E-state index in [0.717, 1.165) is 42.3 Å². The lowest BCUT2D eigenvalue weighted by atomic mass is 10.1. The summed E-state index contributed by atoms with van der Waals surface area (Å²) >= 11 is 0. The van der Waals surface area contributed by atoms with Crippen LogP contribution in [-0.2, 0) is 16.3 Å². The van der Waals surface area contributed by atoms with Crippen molar-refractivity contribution in [2.75, 3.05) is 24.2 Å². The van der Waals surface area contributed by atoms with Crippen LogP contribution in [0, 0.1) is 17.8 Å². The summed E-state index contributed by atoms with van der Waals surface area (Å²) in [5.74, 6) is 3.55. The second-order valence-corrected chi connectivity index (χ2v) is 11.2. The first-order valence-corrected chi connectivity index (χ1v) is 13.4. The first-order chi connectivity index (χ1) is 15.8. The van der Waals surface area contributed by atoms with Crippen LogP contribution in [0.25, 0.3) is 11.1 Å². The Morgan fingerprint density at radius 3 is 2.03 bits per heavy atom. The fraction of sp³-hybridized carbons (Fsp3) is 0.385. The highest BCUT2D eigenvalue weighted by Gasteiger charge is 2.59. The van der Waals surface area contributed by atoms with Crippen LogP contribution >= 0.6 is 0 Å². The normalized spacial score (nSPS) is 22.6. The Morgan fingerprint density at radius 1 is 0.970 bits per heavy atom. The molecule has 0 radical (unpaired) electrons. The minimum absolute atomic E-state index is 0.158. The molecule has 7 heteroatoms. The molecule has 0 spiro atoms. The summed E-state index contributed by atoms with van der Waals surface area (Å²) in [6.45, 7) is 6.27. The van der Waals surface area contributed by atoms with Gasteiger partial charge in [0.05, 0.1) is 11.0 Å². The van der Waals surface area contributed by atoms with Gasteiger partial charge in [0.2, 0.25) is 5.95 Å². The van der Waals surface area contributed by atoms with E-state index in [1.54, 1.807) is 12.1 Å². The van der Waals surface area contributed by atoms with Crippen molar-refractivity contribution in [2.45, 2.75) is 31.3 Å². The number of hydrogen-bond acceptors (Lipinski definition) is 6. The fourth-order valence-corrected chi connectivity index (χ4v) is 5.67. The molecular weight excluding hydrogens is 434 g/mol. The van der Waals surface area contributed by atoms with Crippen molar-refractivity contribution >= 4 is 15.8 Å². The highest BCUT2D eigenvalue weighted by molar-refractivity contribution is 7.90. The van der Waals surface area contributed by atoms with Crippen molar-refractivity contribution in [1.29, 1.82) is 0 Å². The van der Waals surface area contributed by atoms with Crippen LogP contribution < -0.4 is 9.64 Å². The van der Waals surface area contributed by atoms with E-state index < -0.39 is 9.84 Å². The van der Waals surface area contributed by atoms with Crippen molar-refractivity contribution in [3.63, 3.8) is 0 Å². The van der Waals surface area contributed by atoms with Crippen molar-refractivity contribution in [2.24, 2.45) is 17.8 Å². The van der Waals surface area contributed by atoms with Gasteiger partial charge in [-0.2, -0.15) is 0 Å². The molecule has 33 heavy (non-hydrogen) atoms. The molecule has 0 bridgehead atoms. The molecule has 3 atom stereocenters. The third kappa shape index (κ3) is 4.47. The van der Waals surface area contributed by atoms with Crippen molar-refractivity contribution in [1.82, 2.24) is 9.97 Å². The van der Waals surface area contributed by atoms with Crippen LogP contribution in [0.5, 0.6) is 5.75 Å². The number of anilines is 1. The third-order valence-electron chi connectivity index (χ3n) is 6.98. The van der Waals surface area contributed by atoms with E-state index in [2.05, 4.69) is 28.7 Å². The van der Waals surface area contributed by atoms with Crippen molar-refractivity contribution in [3.8, 4) is 16.9 Å².